The van der Waals surface area contributed by atoms with Gasteiger partial charge in [0.1, 0.15) is 0 Å². The molecule has 0 saturated carbocycles. The number of rotatable bonds is 2. The molecule has 0 unspecified atom stereocenters. The van der Waals surface area contributed by atoms with Crippen molar-refractivity contribution in [2.24, 2.45) is 0 Å². The van der Waals surface area contributed by atoms with Crippen LogP contribution in [-0.4, -0.2) is 5.91 Å². The van der Waals surface area contributed by atoms with Crippen molar-refractivity contribution in [2.75, 3.05) is 5.32 Å². The van der Waals surface area contributed by atoms with E-state index in [0.717, 1.165) is 12.1 Å². The van der Waals surface area contributed by atoms with Gasteiger partial charge in [0.2, 0.25) is 0 Å². The van der Waals surface area contributed by atoms with Crippen molar-refractivity contribution in [3.8, 4) is 0 Å². The first-order valence-corrected chi connectivity index (χ1v) is 5.92. The second-order valence-corrected chi connectivity index (χ2v) is 4.32. The third-order valence-electron chi connectivity index (χ3n) is 2.23. The van der Waals surface area contributed by atoms with Gasteiger partial charge in [-0.1, -0.05) is 6.07 Å². The molecule has 0 aliphatic heterocycles. The number of thiophene rings is 1. The molecule has 2 nitrogen and oxygen atoms in total. The van der Waals surface area contributed by atoms with Gasteiger partial charge in [0.05, 0.1) is 11.1 Å². The Morgan fingerprint density at radius 2 is 2.00 bits per heavy atom. The van der Waals surface area contributed by atoms with E-state index in [0.29, 0.717) is 5.56 Å². The van der Waals surface area contributed by atoms with Crippen LogP contribution in [-0.2, 0) is 6.18 Å². The fourth-order valence-corrected chi connectivity index (χ4v) is 2.01. The highest BCUT2D eigenvalue weighted by Crippen LogP contribution is 2.30. The molecule has 6 heteroatoms. The smallest absolute Gasteiger partial charge is 0.322 e. The van der Waals surface area contributed by atoms with E-state index >= 15 is 0 Å². The molecule has 0 radical (unpaired) electrons. The number of carbonyl (C=O) groups is 1. The van der Waals surface area contributed by atoms with Crippen molar-refractivity contribution in [3.63, 3.8) is 0 Å². The van der Waals surface area contributed by atoms with E-state index in [-0.39, 0.29) is 5.69 Å². The minimum absolute atomic E-state index is 0.126. The quantitative estimate of drug-likeness (QED) is 0.878. The molecule has 2 rings (SSSR count). The first-order chi connectivity index (χ1) is 8.47. The Morgan fingerprint density at radius 3 is 2.61 bits per heavy atom. The average molecular weight is 271 g/mol. The highest BCUT2D eigenvalue weighted by atomic mass is 32.1. The largest absolute Gasteiger partial charge is 0.416 e. The molecular formula is C12H8F3NOS. The van der Waals surface area contributed by atoms with E-state index in [1.54, 1.807) is 16.8 Å². The predicted octanol–water partition coefficient (Wildman–Crippen LogP) is 4.02. The zero-order chi connectivity index (χ0) is 13.2. The number of benzene rings is 1. The lowest BCUT2D eigenvalue weighted by Crippen LogP contribution is -2.12. The van der Waals surface area contributed by atoms with Gasteiger partial charge in [-0.05, 0) is 29.6 Å². The molecule has 1 N–H and O–H groups in total. The van der Waals surface area contributed by atoms with E-state index in [2.05, 4.69) is 5.32 Å². The molecule has 2 aromatic rings. The zero-order valence-electron chi connectivity index (χ0n) is 8.99. The number of halogens is 3. The highest BCUT2D eigenvalue weighted by Gasteiger charge is 2.30. The Balaban J connectivity index is 2.18. The van der Waals surface area contributed by atoms with E-state index in [1.807, 2.05) is 0 Å². The van der Waals surface area contributed by atoms with Crippen molar-refractivity contribution in [3.05, 3.63) is 52.2 Å². The summed E-state index contributed by atoms with van der Waals surface area (Å²) >= 11 is 1.35. The standard InChI is InChI=1S/C12H8F3NOS/c13-12(14,15)9-2-1-3-10(6-9)16-11(17)8-4-5-18-7-8/h1-7H,(H,16,17). The molecule has 0 saturated heterocycles. The number of amides is 1. The Hall–Kier alpha value is -1.82. The molecule has 1 heterocycles. The third-order valence-corrected chi connectivity index (χ3v) is 2.91. The monoisotopic (exact) mass is 271 g/mol. The maximum atomic E-state index is 12.5. The van der Waals surface area contributed by atoms with Crippen LogP contribution in [0, 0.1) is 0 Å². The first-order valence-electron chi connectivity index (χ1n) is 4.97. The van der Waals surface area contributed by atoms with Crippen LogP contribution in [0.25, 0.3) is 0 Å². The predicted molar refractivity (Wildman–Crippen MR) is 63.7 cm³/mol. The summed E-state index contributed by atoms with van der Waals surface area (Å²) in [6.45, 7) is 0. The lowest BCUT2D eigenvalue weighted by Gasteiger charge is -2.09. The maximum Gasteiger partial charge on any atom is 0.416 e. The van der Waals surface area contributed by atoms with Gasteiger partial charge in [0.15, 0.2) is 0 Å². The SMILES string of the molecule is O=C(Nc1cccc(C(F)(F)F)c1)c1ccsc1. The summed E-state index contributed by atoms with van der Waals surface area (Å²) in [5.41, 5.74) is -0.232. The highest BCUT2D eigenvalue weighted by molar-refractivity contribution is 7.08. The van der Waals surface area contributed by atoms with Gasteiger partial charge in [-0.3, -0.25) is 4.79 Å². The fraction of sp³-hybridized carbons (Fsp3) is 0.0833. The lowest BCUT2D eigenvalue weighted by molar-refractivity contribution is -0.137. The van der Waals surface area contributed by atoms with E-state index in [1.165, 1.54) is 23.5 Å². The summed E-state index contributed by atoms with van der Waals surface area (Å²) in [7, 11) is 0. The van der Waals surface area contributed by atoms with Crippen LogP contribution >= 0.6 is 11.3 Å². The molecule has 0 fully saturated rings. The first kappa shape index (κ1) is 12.6. The van der Waals surface area contributed by atoms with Crippen molar-refractivity contribution < 1.29 is 18.0 Å². The van der Waals surface area contributed by atoms with Crippen LogP contribution in [0.5, 0.6) is 0 Å². The minimum Gasteiger partial charge on any atom is -0.322 e. The number of nitrogens with one attached hydrogen (secondary N) is 1. The van der Waals surface area contributed by atoms with E-state index in [9.17, 15) is 18.0 Å². The summed E-state index contributed by atoms with van der Waals surface area (Å²) in [6.07, 6.45) is -4.41. The fourth-order valence-electron chi connectivity index (χ4n) is 1.37. The summed E-state index contributed by atoms with van der Waals surface area (Å²) in [5, 5.41) is 5.78. The van der Waals surface area contributed by atoms with E-state index in [4.69, 9.17) is 0 Å². The van der Waals surface area contributed by atoms with Crippen LogP contribution in [0.2, 0.25) is 0 Å². The summed E-state index contributed by atoms with van der Waals surface area (Å²) in [6, 6.07) is 6.14. The zero-order valence-corrected chi connectivity index (χ0v) is 9.81. The number of alkyl halides is 3. The van der Waals surface area contributed by atoms with Gasteiger partial charge in [0.25, 0.3) is 5.91 Å². The van der Waals surface area contributed by atoms with Crippen molar-refractivity contribution in [1.82, 2.24) is 0 Å². The lowest BCUT2D eigenvalue weighted by atomic mass is 10.2. The van der Waals surface area contributed by atoms with Crippen LogP contribution < -0.4 is 5.32 Å². The maximum absolute atomic E-state index is 12.5. The topological polar surface area (TPSA) is 29.1 Å². The second-order valence-electron chi connectivity index (χ2n) is 3.54. The molecule has 94 valence electrons. The molecule has 0 aliphatic carbocycles. The number of hydrogen-bond donors (Lipinski definition) is 1. The molecule has 1 amide bonds. The van der Waals surface area contributed by atoms with Crippen molar-refractivity contribution in [1.29, 1.82) is 0 Å². The summed E-state index contributed by atoms with van der Waals surface area (Å²) in [4.78, 5) is 11.7. The normalized spacial score (nSPS) is 11.3. The molecule has 0 atom stereocenters. The van der Waals surface area contributed by atoms with Gasteiger partial charge >= 0.3 is 6.18 Å². The molecule has 1 aromatic carbocycles. The second kappa shape index (κ2) is 4.81. The van der Waals surface area contributed by atoms with Crippen LogP contribution in [0.15, 0.2) is 41.1 Å². The summed E-state index contributed by atoms with van der Waals surface area (Å²) in [5.74, 6) is -0.421. The van der Waals surface area contributed by atoms with Crippen molar-refractivity contribution >= 4 is 22.9 Å². The molecule has 0 bridgehead atoms. The summed E-state index contributed by atoms with van der Waals surface area (Å²) < 4.78 is 37.4. The molecule has 18 heavy (non-hydrogen) atoms. The van der Waals surface area contributed by atoms with Crippen LogP contribution in [0.1, 0.15) is 15.9 Å². The molecule has 1 aromatic heterocycles. The Bertz CT molecular complexity index is 549. The van der Waals surface area contributed by atoms with Crippen molar-refractivity contribution in [2.45, 2.75) is 6.18 Å². The Labute approximate surface area is 105 Å². The van der Waals surface area contributed by atoms with E-state index < -0.39 is 17.6 Å². The minimum atomic E-state index is -4.41. The van der Waals surface area contributed by atoms with Gasteiger partial charge in [-0.15, -0.1) is 0 Å². The van der Waals surface area contributed by atoms with Gasteiger partial charge < -0.3 is 5.32 Å². The Morgan fingerprint density at radius 1 is 1.22 bits per heavy atom. The number of anilines is 1. The number of hydrogen-bond acceptors (Lipinski definition) is 2. The van der Waals surface area contributed by atoms with Gasteiger partial charge in [0, 0.05) is 11.1 Å². The average Bonchev–Trinajstić information content (AvgIpc) is 2.81. The molecule has 0 spiro atoms. The Kier molecular flexibility index (Phi) is 3.38. The number of carbonyl (C=O) groups excluding carboxylic acids is 1. The van der Waals surface area contributed by atoms with Gasteiger partial charge in [-0.2, -0.15) is 24.5 Å². The van der Waals surface area contributed by atoms with Gasteiger partial charge in [-0.25, -0.2) is 0 Å². The third kappa shape index (κ3) is 2.89. The van der Waals surface area contributed by atoms with Crippen LogP contribution in [0.3, 0.4) is 0 Å². The molecular weight excluding hydrogens is 263 g/mol. The molecule has 0 aliphatic rings. The van der Waals surface area contributed by atoms with Crippen LogP contribution in [0.4, 0.5) is 18.9 Å².